The largest absolute Gasteiger partial charge is 0.290 e. The normalized spacial score (nSPS) is 26.8. The van der Waals surface area contributed by atoms with Crippen LogP contribution in [0.4, 0.5) is 0 Å². The van der Waals surface area contributed by atoms with Crippen molar-refractivity contribution in [1.82, 2.24) is 9.80 Å². The molecule has 1 atom stereocenters. The summed E-state index contributed by atoms with van der Waals surface area (Å²) < 4.78 is 0. The Balaban J connectivity index is 2.16. The van der Waals surface area contributed by atoms with Crippen molar-refractivity contribution in [2.24, 2.45) is 0 Å². The molecule has 0 aliphatic carbocycles. The number of rotatable bonds is 4. The molecule has 0 bridgehead atoms. The lowest BCUT2D eigenvalue weighted by Gasteiger charge is -2.23. The van der Waals surface area contributed by atoms with Crippen molar-refractivity contribution in [2.45, 2.75) is 39.3 Å². The summed E-state index contributed by atoms with van der Waals surface area (Å²) in [6.07, 6.45) is 4.75. The van der Waals surface area contributed by atoms with E-state index in [0.717, 1.165) is 0 Å². The minimum absolute atomic E-state index is 0.668. The highest BCUT2D eigenvalue weighted by Crippen LogP contribution is 2.12. The lowest BCUT2D eigenvalue weighted by atomic mass is 10.2. The van der Waals surface area contributed by atoms with Gasteiger partial charge in [-0.25, -0.2) is 0 Å². The van der Waals surface area contributed by atoms with Gasteiger partial charge in [-0.2, -0.15) is 0 Å². The summed E-state index contributed by atoms with van der Waals surface area (Å²) in [7, 11) is 2.21. The van der Waals surface area contributed by atoms with Gasteiger partial charge in [-0.15, -0.1) is 0 Å². The summed E-state index contributed by atoms with van der Waals surface area (Å²) in [4.78, 5) is 5.00. The van der Waals surface area contributed by atoms with Crippen LogP contribution in [0.2, 0.25) is 0 Å². The number of nitrogens with zero attached hydrogens (tertiary/aromatic N) is 2. The van der Waals surface area contributed by atoms with Crippen LogP contribution in [0.25, 0.3) is 0 Å². The SMILES string of the molecule is CCCCCN1CCN(C)C1C. The summed E-state index contributed by atoms with van der Waals surface area (Å²) in [6, 6.07) is 0. The van der Waals surface area contributed by atoms with Crippen molar-refractivity contribution >= 4 is 0 Å². The molecule has 1 unspecified atom stereocenters. The molecule has 1 rings (SSSR count). The van der Waals surface area contributed by atoms with Crippen molar-refractivity contribution in [1.29, 1.82) is 0 Å². The van der Waals surface area contributed by atoms with Gasteiger partial charge in [-0.1, -0.05) is 19.8 Å². The second-order valence-electron chi connectivity index (χ2n) is 3.86. The van der Waals surface area contributed by atoms with Gasteiger partial charge in [0, 0.05) is 13.1 Å². The molecule has 2 heteroatoms. The van der Waals surface area contributed by atoms with Gasteiger partial charge in [0.2, 0.25) is 0 Å². The quantitative estimate of drug-likeness (QED) is 0.593. The molecular weight excluding hydrogens is 148 g/mol. The van der Waals surface area contributed by atoms with E-state index in [9.17, 15) is 0 Å². The molecule has 72 valence electrons. The lowest BCUT2D eigenvalue weighted by Crippen LogP contribution is -2.34. The maximum absolute atomic E-state index is 2.58. The van der Waals surface area contributed by atoms with Gasteiger partial charge in [-0.3, -0.25) is 9.80 Å². The van der Waals surface area contributed by atoms with E-state index in [4.69, 9.17) is 0 Å². The first-order valence-corrected chi connectivity index (χ1v) is 5.20. The third-order valence-corrected chi connectivity index (χ3v) is 2.96. The lowest BCUT2D eigenvalue weighted by molar-refractivity contribution is 0.174. The molecule has 0 saturated carbocycles. The van der Waals surface area contributed by atoms with E-state index < -0.39 is 0 Å². The van der Waals surface area contributed by atoms with Crippen molar-refractivity contribution in [3.63, 3.8) is 0 Å². The second-order valence-corrected chi connectivity index (χ2v) is 3.86. The Hall–Kier alpha value is -0.0800. The fraction of sp³-hybridized carbons (Fsp3) is 1.00. The van der Waals surface area contributed by atoms with Gasteiger partial charge in [0.05, 0.1) is 6.17 Å². The van der Waals surface area contributed by atoms with Crippen LogP contribution in [0.15, 0.2) is 0 Å². The third-order valence-electron chi connectivity index (χ3n) is 2.96. The number of hydrogen-bond donors (Lipinski definition) is 0. The van der Waals surface area contributed by atoms with Gasteiger partial charge >= 0.3 is 0 Å². The predicted octanol–water partition coefficient (Wildman–Crippen LogP) is 1.77. The van der Waals surface area contributed by atoms with Crippen LogP contribution in [0.3, 0.4) is 0 Å². The topological polar surface area (TPSA) is 6.48 Å². The fourth-order valence-corrected chi connectivity index (χ4v) is 1.80. The zero-order valence-corrected chi connectivity index (χ0v) is 8.71. The molecule has 0 aromatic carbocycles. The monoisotopic (exact) mass is 170 g/mol. The van der Waals surface area contributed by atoms with Gasteiger partial charge < -0.3 is 0 Å². The zero-order valence-electron chi connectivity index (χ0n) is 8.71. The van der Waals surface area contributed by atoms with Gasteiger partial charge in [0.25, 0.3) is 0 Å². The molecule has 1 aliphatic rings. The number of hydrogen-bond acceptors (Lipinski definition) is 2. The predicted molar refractivity (Wildman–Crippen MR) is 53.2 cm³/mol. The van der Waals surface area contributed by atoms with E-state index in [2.05, 4.69) is 30.7 Å². The molecular formula is C10H22N2. The molecule has 1 saturated heterocycles. The van der Waals surface area contributed by atoms with E-state index >= 15 is 0 Å². The third kappa shape index (κ3) is 2.46. The summed E-state index contributed by atoms with van der Waals surface area (Å²) in [5.41, 5.74) is 0. The summed E-state index contributed by atoms with van der Waals surface area (Å²) >= 11 is 0. The summed E-state index contributed by atoms with van der Waals surface area (Å²) in [5, 5.41) is 0. The van der Waals surface area contributed by atoms with Crippen molar-refractivity contribution in [3.05, 3.63) is 0 Å². The van der Waals surface area contributed by atoms with E-state index in [0.29, 0.717) is 6.17 Å². The first kappa shape index (κ1) is 10.0. The molecule has 12 heavy (non-hydrogen) atoms. The smallest absolute Gasteiger partial charge is 0.0591 e. The molecule has 0 aromatic heterocycles. The zero-order chi connectivity index (χ0) is 8.97. The Morgan fingerprint density at radius 3 is 2.50 bits per heavy atom. The van der Waals surface area contributed by atoms with E-state index in [1.807, 2.05) is 0 Å². The fourth-order valence-electron chi connectivity index (χ4n) is 1.80. The Labute approximate surface area is 76.5 Å². The molecule has 0 spiro atoms. The molecule has 0 amide bonds. The van der Waals surface area contributed by atoms with Gasteiger partial charge in [-0.05, 0) is 26.9 Å². The molecule has 1 aliphatic heterocycles. The van der Waals surface area contributed by atoms with Gasteiger partial charge in [0.1, 0.15) is 0 Å². The second kappa shape index (κ2) is 4.83. The standard InChI is InChI=1S/C10H22N2/c1-4-5-6-7-12-9-8-11(3)10(12)2/h10H,4-9H2,1-3H3. The Bertz CT molecular complexity index is 125. The van der Waals surface area contributed by atoms with Crippen LogP contribution in [-0.2, 0) is 0 Å². The maximum Gasteiger partial charge on any atom is 0.0591 e. The van der Waals surface area contributed by atoms with Crippen LogP contribution in [0.1, 0.15) is 33.1 Å². The minimum atomic E-state index is 0.668. The molecule has 0 radical (unpaired) electrons. The highest BCUT2D eigenvalue weighted by molar-refractivity contribution is 4.75. The van der Waals surface area contributed by atoms with Crippen LogP contribution in [0, 0.1) is 0 Å². The van der Waals surface area contributed by atoms with Crippen LogP contribution in [0.5, 0.6) is 0 Å². The van der Waals surface area contributed by atoms with E-state index in [-0.39, 0.29) is 0 Å². The highest BCUT2D eigenvalue weighted by atomic mass is 15.4. The molecule has 1 fully saturated rings. The van der Waals surface area contributed by atoms with Crippen LogP contribution in [-0.4, -0.2) is 42.6 Å². The van der Waals surface area contributed by atoms with Crippen molar-refractivity contribution in [3.8, 4) is 0 Å². The molecule has 2 nitrogen and oxygen atoms in total. The minimum Gasteiger partial charge on any atom is -0.290 e. The summed E-state index contributed by atoms with van der Waals surface area (Å²) in [6.45, 7) is 8.37. The first-order chi connectivity index (χ1) is 5.75. The van der Waals surface area contributed by atoms with Gasteiger partial charge in [0.15, 0.2) is 0 Å². The number of likely N-dealkylation sites (N-methyl/N-ethyl adjacent to an activating group) is 1. The summed E-state index contributed by atoms with van der Waals surface area (Å²) in [5.74, 6) is 0. The Kier molecular flexibility index (Phi) is 4.02. The van der Waals surface area contributed by atoms with E-state index in [1.165, 1.54) is 38.9 Å². The van der Waals surface area contributed by atoms with Crippen molar-refractivity contribution < 1.29 is 0 Å². The molecule has 1 heterocycles. The Morgan fingerprint density at radius 1 is 1.25 bits per heavy atom. The Morgan fingerprint density at radius 2 is 2.00 bits per heavy atom. The maximum atomic E-state index is 2.58. The molecule has 0 N–H and O–H groups in total. The number of unbranched alkanes of at least 4 members (excludes halogenated alkanes) is 2. The van der Waals surface area contributed by atoms with E-state index in [1.54, 1.807) is 0 Å². The van der Waals surface area contributed by atoms with Crippen LogP contribution >= 0.6 is 0 Å². The average Bonchev–Trinajstić information content (AvgIpc) is 2.36. The van der Waals surface area contributed by atoms with Crippen molar-refractivity contribution in [2.75, 3.05) is 26.7 Å². The highest BCUT2D eigenvalue weighted by Gasteiger charge is 2.23. The van der Waals surface area contributed by atoms with Crippen LogP contribution < -0.4 is 0 Å². The molecule has 0 aromatic rings. The average molecular weight is 170 g/mol. The first-order valence-electron chi connectivity index (χ1n) is 5.20.